The van der Waals surface area contributed by atoms with Crippen molar-refractivity contribution in [1.82, 2.24) is 4.90 Å². The average Bonchev–Trinajstić information content (AvgIpc) is 2.76. The van der Waals surface area contributed by atoms with Crippen molar-refractivity contribution in [2.45, 2.75) is 69.9 Å². The van der Waals surface area contributed by atoms with Crippen LogP contribution in [0.25, 0.3) is 0 Å². The zero-order chi connectivity index (χ0) is 11.7. The van der Waals surface area contributed by atoms with Gasteiger partial charge in [-0.2, -0.15) is 0 Å². The molecule has 2 nitrogen and oxygen atoms in total. The van der Waals surface area contributed by atoms with Crippen molar-refractivity contribution in [3.8, 4) is 0 Å². The smallest absolute Gasteiger partial charge is 0.0580 e. The van der Waals surface area contributed by atoms with E-state index in [4.69, 9.17) is 0 Å². The highest BCUT2D eigenvalue weighted by atomic mass is 16.3. The van der Waals surface area contributed by atoms with Crippen LogP contribution in [0.3, 0.4) is 0 Å². The molecule has 2 aliphatic carbocycles. The highest BCUT2D eigenvalue weighted by molar-refractivity contribution is 4.91. The van der Waals surface area contributed by atoms with E-state index in [1.54, 1.807) is 0 Å². The van der Waals surface area contributed by atoms with Gasteiger partial charge < -0.3 is 5.11 Å². The van der Waals surface area contributed by atoms with Crippen molar-refractivity contribution in [3.05, 3.63) is 0 Å². The van der Waals surface area contributed by atoms with Gasteiger partial charge in [-0.1, -0.05) is 25.7 Å². The fraction of sp³-hybridized carbons (Fsp3) is 1.00. The Morgan fingerprint density at radius 3 is 2.53 bits per heavy atom. The summed E-state index contributed by atoms with van der Waals surface area (Å²) in [7, 11) is 0. The lowest BCUT2D eigenvalue weighted by Gasteiger charge is -2.36. The average molecular weight is 237 g/mol. The van der Waals surface area contributed by atoms with E-state index in [-0.39, 0.29) is 6.10 Å². The molecule has 1 saturated heterocycles. The van der Waals surface area contributed by atoms with E-state index in [9.17, 15) is 5.11 Å². The second-order valence-electron chi connectivity index (χ2n) is 6.51. The standard InChI is InChI=1S/C15H27NO/c17-15-8-4-2-6-13(15)11-16-10-9-12-5-1-3-7-14(12)16/h12-15,17H,1-11H2. The summed E-state index contributed by atoms with van der Waals surface area (Å²) in [4.78, 5) is 2.73. The predicted octanol–water partition coefficient (Wildman–Crippen LogP) is 2.80. The molecule has 2 saturated carbocycles. The van der Waals surface area contributed by atoms with Gasteiger partial charge in [0.05, 0.1) is 6.10 Å². The van der Waals surface area contributed by atoms with E-state index < -0.39 is 0 Å². The third-order valence-electron chi connectivity index (χ3n) is 5.46. The van der Waals surface area contributed by atoms with Gasteiger partial charge in [0.15, 0.2) is 0 Å². The maximum Gasteiger partial charge on any atom is 0.0580 e. The Balaban J connectivity index is 1.57. The van der Waals surface area contributed by atoms with Crippen molar-refractivity contribution < 1.29 is 5.11 Å². The number of nitrogens with zero attached hydrogens (tertiary/aromatic N) is 1. The quantitative estimate of drug-likeness (QED) is 0.798. The Morgan fingerprint density at radius 1 is 0.882 bits per heavy atom. The number of likely N-dealkylation sites (tertiary alicyclic amines) is 1. The first-order chi connectivity index (χ1) is 8.34. The van der Waals surface area contributed by atoms with Gasteiger partial charge in [-0.05, 0) is 50.5 Å². The number of aliphatic hydroxyl groups excluding tert-OH is 1. The number of fused-ring (bicyclic) bond motifs is 1. The second-order valence-corrected chi connectivity index (χ2v) is 6.51. The monoisotopic (exact) mass is 237 g/mol. The molecule has 4 unspecified atom stereocenters. The van der Waals surface area contributed by atoms with Crippen LogP contribution in [0.4, 0.5) is 0 Å². The molecular formula is C15H27NO. The van der Waals surface area contributed by atoms with Crippen LogP contribution in [-0.4, -0.2) is 35.2 Å². The molecule has 3 fully saturated rings. The molecule has 0 radical (unpaired) electrons. The summed E-state index contributed by atoms with van der Waals surface area (Å²) < 4.78 is 0. The molecule has 1 N–H and O–H groups in total. The van der Waals surface area contributed by atoms with Crippen LogP contribution < -0.4 is 0 Å². The van der Waals surface area contributed by atoms with Crippen LogP contribution in [-0.2, 0) is 0 Å². The number of hydrogen-bond acceptors (Lipinski definition) is 2. The van der Waals surface area contributed by atoms with Crippen molar-refractivity contribution in [2.75, 3.05) is 13.1 Å². The fourth-order valence-electron chi connectivity index (χ4n) is 4.43. The summed E-state index contributed by atoms with van der Waals surface area (Å²) in [5.41, 5.74) is 0. The molecule has 1 heterocycles. The summed E-state index contributed by atoms with van der Waals surface area (Å²) in [5, 5.41) is 10.1. The second kappa shape index (κ2) is 5.27. The molecule has 2 heteroatoms. The molecule has 0 aromatic heterocycles. The van der Waals surface area contributed by atoms with Gasteiger partial charge in [0.25, 0.3) is 0 Å². The molecule has 1 aliphatic heterocycles. The molecule has 0 spiro atoms. The SMILES string of the molecule is OC1CCCCC1CN1CCC2CCCCC21. The zero-order valence-electron chi connectivity index (χ0n) is 11.0. The van der Waals surface area contributed by atoms with Gasteiger partial charge in [-0.3, -0.25) is 4.90 Å². The Hall–Kier alpha value is -0.0800. The van der Waals surface area contributed by atoms with Crippen LogP contribution in [0.5, 0.6) is 0 Å². The van der Waals surface area contributed by atoms with Crippen molar-refractivity contribution in [2.24, 2.45) is 11.8 Å². The molecule has 3 aliphatic rings. The van der Waals surface area contributed by atoms with E-state index in [1.807, 2.05) is 0 Å². The Morgan fingerprint density at radius 2 is 1.65 bits per heavy atom. The number of aliphatic hydroxyl groups is 1. The summed E-state index contributed by atoms with van der Waals surface area (Å²) >= 11 is 0. The molecule has 4 atom stereocenters. The zero-order valence-corrected chi connectivity index (χ0v) is 11.0. The molecule has 0 aromatic carbocycles. The molecule has 98 valence electrons. The third-order valence-corrected chi connectivity index (χ3v) is 5.46. The highest BCUT2D eigenvalue weighted by Gasteiger charge is 2.37. The van der Waals surface area contributed by atoms with Gasteiger partial charge in [-0.25, -0.2) is 0 Å². The first-order valence-corrected chi connectivity index (χ1v) is 7.77. The van der Waals surface area contributed by atoms with Crippen molar-refractivity contribution >= 4 is 0 Å². The molecule has 0 aromatic rings. The first-order valence-electron chi connectivity index (χ1n) is 7.77. The third kappa shape index (κ3) is 2.53. The minimum absolute atomic E-state index is 0.00797. The number of hydrogen-bond donors (Lipinski definition) is 1. The topological polar surface area (TPSA) is 23.5 Å². The molecule has 0 amide bonds. The Kier molecular flexibility index (Phi) is 3.72. The molecule has 0 bridgehead atoms. The van der Waals surface area contributed by atoms with E-state index in [0.29, 0.717) is 5.92 Å². The normalized spacial score (nSPS) is 43.6. The minimum atomic E-state index is -0.00797. The fourth-order valence-corrected chi connectivity index (χ4v) is 4.43. The maximum absolute atomic E-state index is 10.1. The predicted molar refractivity (Wildman–Crippen MR) is 69.9 cm³/mol. The van der Waals surface area contributed by atoms with E-state index in [0.717, 1.165) is 18.4 Å². The van der Waals surface area contributed by atoms with Crippen LogP contribution in [0.1, 0.15) is 57.8 Å². The van der Waals surface area contributed by atoms with E-state index in [2.05, 4.69) is 4.90 Å². The van der Waals surface area contributed by atoms with Gasteiger partial charge >= 0.3 is 0 Å². The lowest BCUT2D eigenvalue weighted by atomic mass is 9.83. The maximum atomic E-state index is 10.1. The molecule has 3 rings (SSSR count). The number of rotatable bonds is 2. The van der Waals surface area contributed by atoms with Gasteiger partial charge in [0.1, 0.15) is 0 Å². The van der Waals surface area contributed by atoms with E-state index in [1.165, 1.54) is 64.5 Å². The van der Waals surface area contributed by atoms with Gasteiger partial charge in [0, 0.05) is 12.6 Å². The highest BCUT2D eigenvalue weighted by Crippen LogP contribution is 2.37. The molecule has 17 heavy (non-hydrogen) atoms. The Labute approximate surface area is 105 Å². The van der Waals surface area contributed by atoms with Crippen LogP contribution in [0, 0.1) is 11.8 Å². The van der Waals surface area contributed by atoms with E-state index >= 15 is 0 Å². The lowest BCUT2D eigenvalue weighted by Crippen LogP contribution is -2.41. The van der Waals surface area contributed by atoms with Crippen LogP contribution >= 0.6 is 0 Å². The minimum Gasteiger partial charge on any atom is -0.393 e. The van der Waals surface area contributed by atoms with Crippen molar-refractivity contribution in [1.29, 1.82) is 0 Å². The summed E-state index contributed by atoms with van der Waals surface area (Å²) in [6.45, 7) is 2.49. The first kappa shape index (κ1) is 12.0. The summed E-state index contributed by atoms with van der Waals surface area (Å²) in [5.74, 6) is 1.56. The summed E-state index contributed by atoms with van der Waals surface area (Å²) in [6.07, 6.45) is 12.1. The van der Waals surface area contributed by atoms with Gasteiger partial charge in [0.2, 0.25) is 0 Å². The van der Waals surface area contributed by atoms with Crippen LogP contribution in [0.15, 0.2) is 0 Å². The summed E-state index contributed by atoms with van der Waals surface area (Å²) in [6, 6.07) is 0.873. The van der Waals surface area contributed by atoms with Crippen molar-refractivity contribution in [3.63, 3.8) is 0 Å². The largest absolute Gasteiger partial charge is 0.393 e. The van der Waals surface area contributed by atoms with Gasteiger partial charge in [-0.15, -0.1) is 0 Å². The Bertz CT molecular complexity index is 255. The van der Waals surface area contributed by atoms with Crippen LogP contribution in [0.2, 0.25) is 0 Å². The lowest BCUT2D eigenvalue weighted by molar-refractivity contribution is 0.0382. The molecular weight excluding hydrogens is 210 g/mol.